The van der Waals surface area contributed by atoms with Crippen LogP contribution in [0.4, 0.5) is 5.95 Å². The van der Waals surface area contributed by atoms with E-state index in [1.54, 1.807) is 19.4 Å². The standard InChI is InChI=1S/C15H26N4O/c1-15(2,3)17-10-12-6-5-9-19(11-12)14-16-8-7-13(18-14)20-4/h7-8,12,17H,5-6,9-11H2,1-4H3. The molecule has 1 N–H and O–H groups in total. The highest BCUT2D eigenvalue weighted by molar-refractivity contribution is 5.32. The Bertz CT molecular complexity index is 430. The summed E-state index contributed by atoms with van der Waals surface area (Å²) < 4.78 is 5.17. The molecule has 2 rings (SSSR count). The minimum atomic E-state index is 0.175. The van der Waals surface area contributed by atoms with E-state index >= 15 is 0 Å². The smallest absolute Gasteiger partial charge is 0.228 e. The van der Waals surface area contributed by atoms with E-state index in [0.29, 0.717) is 11.8 Å². The topological polar surface area (TPSA) is 50.3 Å². The Labute approximate surface area is 121 Å². The summed E-state index contributed by atoms with van der Waals surface area (Å²) in [6, 6.07) is 1.78. The Morgan fingerprint density at radius 3 is 2.95 bits per heavy atom. The number of ether oxygens (including phenoxy) is 1. The maximum Gasteiger partial charge on any atom is 0.228 e. The summed E-state index contributed by atoms with van der Waals surface area (Å²) in [4.78, 5) is 11.1. The van der Waals surface area contributed by atoms with Crippen molar-refractivity contribution in [2.75, 3.05) is 31.6 Å². The van der Waals surface area contributed by atoms with E-state index in [9.17, 15) is 0 Å². The van der Waals surface area contributed by atoms with Crippen molar-refractivity contribution in [3.63, 3.8) is 0 Å². The molecule has 0 spiro atoms. The molecule has 112 valence electrons. The summed E-state index contributed by atoms with van der Waals surface area (Å²) in [7, 11) is 1.64. The molecule has 0 aromatic carbocycles. The molecule has 0 bridgehead atoms. The average molecular weight is 278 g/mol. The van der Waals surface area contributed by atoms with Gasteiger partial charge in [-0.3, -0.25) is 0 Å². The van der Waals surface area contributed by atoms with Crippen LogP contribution in [0.3, 0.4) is 0 Å². The van der Waals surface area contributed by atoms with Gasteiger partial charge in [0.25, 0.3) is 0 Å². The summed E-state index contributed by atoms with van der Waals surface area (Å²) in [6.45, 7) is 9.70. The molecule has 5 heteroatoms. The van der Waals surface area contributed by atoms with E-state index in [-0.39, 0.29) is 5.54 Å². The second kappa shape index (κ2) is 6.39. The molecule has 1 aromatic rings. The SMILES string of the molecule is COc1ccnc(N2CCCC(CNC(C)(C)C)C2)n1. The van der Waals surface area contributed by atoms with Crippen LogP contribution >= 0.6 is 0 Å². The quantitative estimate of drug-likeness (QED) is 0.914. The van der Waals surface area contributed by atoms with Crippen LogP contribution in [0.1, 0.15) is 33.6 Å². The molecule has 1 saturated heterocycles. The summed E-state index contributed by atoms with van der Waals surface area (Å²) in [6.07, 6.45) is 4.22. The Morgan fingerprint density at radius 2 is 2.25 bits per heavy atom. The molecule has 2 heterocycles. The Hall–Kier alpha value is -1.36. The van der Waals surface area contributed by atoms with Crippen molar-refractivity contribution in [1.29, 1.82) is 0 Å². The zero-order chi connectivity index (χ0) is 14.6. The van der Waals surface area contributed by atoms with Gasteiger partial charge in [-0.05, 0) is 39.5 Å². The third-order valence-corrected chi connectivity index (χ3v) is 3.55. The minimum Gasteiger partial charge on any atom is -0.481 e. The first-order chi connectivity index (χ1) is 9.48. The summed E-state index contributed by atoms with van der Waals surface area (Å²) in [5, 5.41) is 3.59. The third-order valence-electron chi connectivity index (χ3n) is 3.55. The first-order valence-electron chi connectivity index (χ1n) is 7.35. The molecule has 1 aliphatic heterocycles. The van der Waals surface area contributed by atoms with E-state index in [0.717, 1.165) is 25.6 Å². The molecule has 0 radical (unpaired) electrons. The molecule has 20 heavy (non-hydrogen) atoms. The number of rotatable bonds is 4. The lowest BCUT2D eigenvalue weighted by molar-refractivity contribution is 0.333. The van der Waals surface area contributed by atoms with Gasteiger partial charge in [0.15, 0.2) is 0 Å². The van der Waals surface area contributed by atoms with Crippen LogP contribution in [-0.2, 0) is 0 Å². The van der Waals surface area contributed by atoms with Gasteiger partial charge in [0, 0.05) is 37.4 Å². The minimum absolute atomic E-state index is 0.175. The highest BCUT2D eigenvalue weighted by Gasteiger charge is 2.23. The van der Waals surface area contributed by atoms with Crippen LogP contribution < -0.4 is 15.0 Å². The van der Waals surface area contributed by atoms with E-state index in [2.05, 4.69) is 41.0 Å². The third kappa shape index (κ3) is 4.34. The van der Waals surface area contributed by atoms with Gasteiger partial charge in [-0.15, -0.1) is 0 Å². The summed E-state index contributed by atoms with van der Waals surface area (Å²) in [5.74, 6) is 2.06. The summed E-state index contributed by atoms with van der Waals surface area (Å²) >= 11 is 0. The fourth-order valence-corrected chi connectivity index (χ4v) is 2.46. The number of methoxy groups -OCH3 is 1. The number of hydrogen-bond acceptors (Lipinski definition) is 5. The lowest BCUT2D eigenvalue weighted by Crippen LogP contribution is -2.45. The lowest BCUT2D eigenvalue weighted by atomic mass is 9.97. The highest BCUT2D eigenvalue weighted by Crippen LogP contribution is 2.21. The largest absolute Gasteiger partial charge is 0.481 e. The molecule has 0 aliphatic carbocycles. The van der Waals surface area contributed by atoms with E-state index in [1.165, 1.54) is 12.8 Å². The Balaban J connectivity index is 1.95. The van der Waals surface area contributed by atoms with Gasteiger partial charge < -0.3 is 15.0 Å². The van der Waals surface area contributed by atoms with Gasteiger partial charge in [-0.25, -0.2) is 4.98 Å². The van der Waals surface area contributed by atoms with Crippen molar-refractivity contribution in [3.05, 3.63) is 12.3 Å². The lowest BCUT2D eigenvalue weighted by Gasteiger charge is -2.34. The predicted molar refractivity (Wildman–Crippen MR) is 81.3 cm³/mol. The monoisotopic (exact) mass is 278 g/mol. The zero-order valence-electron chi connectivity index (χ0n) is 13.0. The van der Waals surface area contributed by atoms with Crippen LogP contribution in [0.15, 0.2) is 12.3 Å². The van der Waals surface area contributed by atoms with Gasteiger partial charge >= 0.3 is 0 Å². The molecule has 1 aromatic heterocycles. The molecule has 1 aliphatic rings. The molecular weight excluding hydrogens is 252 g/mol. The predicted octanol–water partition coefficient (Wildman–Crippen LogP) is 2.09. The second-order valence-electron chi connectivity index (χ2n) is 6.48. The molecular formula is C15H26N4O. The second-order valence-corrected chi connectivity index (χ2v) is 6.48. The summed E-state index contributed by atoms with van der Waals surface area (Å²) in [5.41, 5.74) is 0.175. The van der Waals surface area contributed by atoms with Crippen molar-refractivity contribution in [2.24, 2.45) is 5.92 Å². The van der Waals surface area contributed by atoms with Crippen LogP contribution in [0.25, 0.3) is 0 Å². The number of nitrogens with one attached hydrogen (secondary N) is 1. The first-order valence-corrected chi connectivity index (χ1v) is 7.35. The Kier molecular flexibility index (Phi) is 4.81. The molecule has 1 fully saturated rings. The van der Waals surface area contributed by atoms with Crippen molar-refractivity contribution in [1.82, 2.24) is 15.3 Å². The van der Waals surface area contributed by atoms with Crippen molar-refractivity contribution in [2.45, 2.75) is 39.2 Å². The Morgan fingerprint density at radius 1 is 1.45 bits per heavy atom. The maximum absolute atomic E-state index is 5.17. The molecule has 0 amide bonds. The molecule has 1 atom stereocenters. The molecule has 1 unspecified atom stereocenters. The molecule has 5 nitrogen and oxygen atoms in total. The normalized spacial score (nSPS) is 20.0. The first kappa shape index (κ1) is 15.0. The maximum atomic E-state index is 5.17. The average Bonchev–Trinajstić information content (AvgIpc) is 2.45. The van der Waals surface area contributed by atoms with Crippen molar-refractivity contribution in [3.8, 4) is 5.88 Å². The fourth-order valence-electron chi connectivity index (χ4n) is 2.46. The highest BCUT2D eigenvalue weighted by atomic mass is 16.5. The van der Waals surface area contributed by atoms with Crippen molar-refractivity contribution >= 4 is 5.95 Å². The number of anilines is 1. The number of piperidine rings is 1. The van der Waals surface area contributed by atoms with Crippen molar-refractivity contribution < 1.29 is 4.74 Å². The van der Waals surface area contributed by atoms with Crippen LogP contribution in [0.2, 0.25) is 0 Å². The van der Waals surface area contributed by atoms with Gasteiger partial charge in [-0.2, -0.15) is 4.98 Å². The zero-order valence-corrected chi connectivity index (χ0v) is 13.0. The van der Waals surface area contributed by atoms with Crippen LogP contribution in [0.5, 0.6) is 5.88 Å². The van der Waals surface area contributed by atoms with E-state index in [4.69, 9.17) is 4.74 Å². The van der Waals surface area contributed by atoms with Gasteiger partial charge in [0.1, 0.15) is 0 Å². The van der Waals surface area contributed by atoms with Gasteiger partial charge in [-0.1, -0.05) is 0 Å². The number of aromatic nitrogens is 2. The number of hydrogen-bond donors (Lipinski definition) is 1. The number of nitrogens with zero attached hydrogens (tertiary/aromatic N) is 3. The van der Waals surface area contributed by atoms with Crippen LogP contribution in [-0.4, -0.2) is 42.3 Å². The molecule has 0 saturated carbocycles. The van der Waals surface area contributed by atoms with Gasteiger partial charge in [0.2, 0.25) is 11.8 Å². The van der Waals surface area contributed by atoms with Gasteiger partial charge in [0.05, 0.1) is 7.11 Å². The fraction of sp³-hybridized carbons (Fsp3) is 0.733. The van der Waals surface area contributed by atoms with Crippen LogP contribution in [0, 0.1) is 5.92 Å². The van der Waals surface area contributed by atoms with E-state index in [1.807, 2.05) is 0 Å². The van der Waals surface area contributed by atoms with E-state index < -0.39 is 0 Å².